The van der Waals surface area contributed by atoms with Gasteiger partial charge in [-0.05, 0) is 89.9 Å². The average molecular weight is 1040 g/mol. The molecule has 0 saturated carbocycles. The molecule has 0 aliphatic carbocycles. The van der Waals surface area contributed by atoms with Gasteiger partial charge >= 0.3 is 5.97 Å². The summed E-state index contributed by atoms with van der Waals surface area (Å²) in [5.74, 6) is -0.0979. The number of amides is 1. The predicted molar refractivity (Wildman–Crippen MR) is 324 cm³/mol. The molecule has 0 saturated heterocycles. The van der Waals surface area contributed by atoms with Gasteiger partial charge in [0.2, 0.25) is 5.91 Å². The van der Waals surface area contributed by atoms with E-state index in [1.165, 1.54) is 244 Å². The van der Waals surface area contributed by atoms with Crippen molar-refractivity contribution < 1.29 is 24.5 Å². The minimum absolute atomic E-state index is 0.0225. The molecule has 0 spiro atoms. The summed E-state index contributed by atoms with van der Waals surface area (Å²) in [5.41, 5.74) is 0. The fourth-order valence-corrected chi connectivity index (χ4v) is 10.0. The minimum atomic E-state index is -0.854. The van der Waals surface area contributed by atoms with Gasteiger partial charge in [0.15, 0.2) is 0 Å². The average Bonchev–Trinajstić information content (AvgIpc) is 3.40. The van der Waals surface area contributed by atoms with E-state index in [0.717, 1.165) is 77.0 Å². The number of allylic oxidation sites excluding steroid dienone is 7. The molecule has 0 bridgehead atoms. The summed E-state index contributed by atoms with van der Waals surface area (Å²) in [7, 11) is 0. The number of carbonyl (C=O) groups is 2. The van der Waals surface area contributed by atoms with Crippen molar-refractivity contribution in [2.24, 2.45) is 0 Å². The quantitative estimate of drug-likeness (QED) is 0.0244. The van der Waals surface area contributed by atoms with Crippen molar-refractivity contribution >= 4 is 11.9 Å². The van der Waals surface area contributed by atoms with Gasteiger partial charge < -0.3 is 20.3 Å². The molecule has 0 aliphatic rings. The molecule has 0 radical (unpaired) electrons. The van der Waals surface area contributed by atoms with Crippen LogP contribution < -0.4 is 5.32 Å². The van der Waals surface area contributed by atoms with E-state index in [1.807, 2.05) is 6.08 Å². The Morgan fingerprint density at radius 3 is 1.04 bits per heavy atom. The first-order valence-electron chi connectivity index (χ1n) is 32.9. The zero-order valence-electron chi connectivity index (χ0n) is 49.6. The third kappa shape index (κ3) is 59.1. The largest absolute Gasteiger partial charge is 0.466 e. The second-order valence-corrected chi connectivity index (χ2v) is 22.5. The summed E-state index contributed by atoms with van der Waals surface area (Å²) in [4.78, 5) is 24.5. The molecule has 2 unspecified atom stereocenters. The Morgan fingerprint density at radius 1 is 0.378 bits per heavy atom. The first-order valence-corrected chi connectivity index (χ1v) is 32.9. The molecule has 434 valence electrons. The number of hydrogen-bond donors (Lipinski definition) is 3. The molecular weight excluding hydrogens is 911 g/mol. The van der Waals surface area contributed by atoms with Crippen LogP contribution in [-0.4, -0.2) is 47.4 Å². The first kappa shape index (κ1) is 71.8. The molecule has 3 N–H and O–H groups in total. The van der Waals surface area contributed by atoms with E-state index in [-0.39, 0.29) is 18.5 Å². The number of unbranched alkanes of at least 4 members (excludes halogenated alkanes) is 45. The monoisotopic (exact) mass is 1040 g/mol. The molecule has 0 aromatic rings. The Hall–Kier alpha value is -2.18. The summed E-state index contributed by atoms with van der Waals surface area (Å²) in [6, 6.07) is -0.638. The van der Waals surface area contributed by atoms with Crippen LogP contribution in [0.25, 0.3) is 0 Å². The second-order valence-electron chi connectivity index (χ2n) is 22.5. The highest BCUT2D eigenvalue weighted by Crippen LogP contribution is 2.17. The topological polar surface area (TPSA) is 95.9 Å². The number of ether oxygens (including phenoxy) is 1. The second kappa shape index (κ2) is 63.4. The maximum atomic E-state index is 12.5. The molecule has 0 rings (SSSR count). The zero-order valence-corrected chi connectivity index (χ0v) is 49.6. The van der Waals surface area contributed by atoms with Crippen LogP contribution in [0.2, 0.25) is 0 Å². The van der Waals surface area contributed by atoms with Crippen molar-refractivity contribution in [3.05, 3.63) is 48.6 Å². The van der Waals surface area contributed by atoms with Crippen LogP contribution in [0.1, 0.15) is 348 Å². The molecule has 0 aromatic carbocycles. The number of carbonyl (C=O) groups excluding carboxylic acids is 2. The Bertz CT molecular complexity index is 1240. The van der Waals surface area contributed by atoms with Crippen LogP contribution in [0.15, 0.2) is 48.6 Å². The summed E-state index contributed by atoms with van der Waals surface area (Å²) in [6.45, 7) is 4.87. The van der Waals surface area contributed by atoms with E-state index in [4.69, 9.17) is 4.74 Å². The molecule has 1 amide bonds. The van der Waals surface area contributed by atoms with Crippen LogP contribution >= 0.6 is 0 Å². The molecule has 0 heterocycles. The first-order chi connectivity index (χ1) is 36.5. The van der Waals surface area contributed by atoms with Crippen LogP contribution in [0.4, 0.5) is 0 Å². The number of nitrogens with one attached hydrogen (secondary N) is 1. The number of rotatable bonds is 61. The number of aliphatic hydroxyl groups is 2. The highest BCUT2D eigenvalue weighted by atomic mass is 16.5. The third-order valence-corrected chi connectivity index (χ3v) is 15.1. The summed E-state index contributed by atoms with van der Waals surface area (Å²) >= 11 is 0. The minimum Gasteiger partial charge on any atom is -0.466 e. The van der Waals surface area contributed by atoms with E-state index in [9.17, 15) is 19.8 Å². The van der Waals surface area contributed by atoms with Crippen LogP contribution in [-0.2, 0) is 14.3 Å². The molecular formula is C68H127NO5. The molecule has 74 heavy (non-hydrogen) atoms. The maximum absolute atomic E-state index is 12.5. The Kier molecular flexibility index (Phi) is 61.5. The van der Waals surface area contributed by atoms with Crippen molar-refractivity contribution in [2.75, 3.05) is 13.2 Å². The number of esters is 1. The molecule has 6 nitrogen and oxygen atoms in total. The molecule has 2 atom stereocenters. The van der Waals surface area contributed by atoms with Gasteiger partial charge in [-0.3, -0.25) is 9.59 Å². The van der Waals surface area contributed by atoms with Crippen LogP contribution in [0.5, 0.6) is 0 Å². The predicted octanol–water partition coefficient (Wildman–Crippen LogP) is 20.9. The highest BCUT2D eigenvalue weighted by molar-refractivity contribution is 5.76. The van der Waals surface area contributed by atoms with Gasteiger partial charge in [0.25, 0.3) is 0 Å². The molecule has 6 heteroatoms. The van der Waals surface area contributed by atoms with Gasteiger partial charge in [-0.1, -0.05) is 294 Å². The standard InChI is InChI=1S/C68H127NO5/c1-3-5-7-9-11-13-15-17-19-20-21-22-23-24-25-27-30-33-36-40-44-48-52-56-60-66(71)65(64-70)69-67(72)61-57-53-49-45-41-37-34-31-28-26-29-32-35-39-43-47-51-55-59-63-74-68(73)62-58-54-50-46-42-38-18-16-14-12-10-8-6-4-2/h16,18,32,35,39,43,56,60,65-66,70-71H,3-15,17,19-31,33-34,36-38,40-42,44-55,57-59,61-64H2,1-2H3,(H,69,72)/b18-16-,35-32-,43-39-,60-56+. The van der Waals surface area contributed by atoms with Gasteiger partial charge in [-0.15, -0.1) is 0 Å². The lowest BCUT2D eigenvalue weighted by atomic mass is 10.0. The third-order valence-electron chi connectivity index (χ3n) is 15.1. The van der Waals surface area contributed by atoms with E-state index in [2.05, 4.69) is 55.6 Å². The van der Waals surface area contributed by atoms with E-state index >= 15 is 0 Å². The SMILES string of the molecule is CCCCCCC/C=C\CCCCCCCC(=O)OCCCCC/C=C\C=C/CCCCCCCCCCCCC(=O)NC(CO)C(O)/C=C/CCCCCCCCCCCCCCCCCCCCCCCC. The summed E-state index contributed by atoms with van der Waals surface area (Å²) in [6.07, 6.45) is 81.6. The maximum Gasteiger partial charge on any atom is 0.305 e. The smallest absolute Gasteiger partial charge is 0.305 e. The van der Waals surface area contributed by atoms with Crippen molar-refractivity contribution in [1.82, 2.24) is 5.32 Å². The molecule has 0 aliphatic heterocycles. The van der Waals surface area contributed by atoms with Gasteiger partial charge in [0, 0.05) is 12.8 Å². The Morgan fingerprint density at radius 2 is 0.676 bits per heavy atom. The summed E-state index contributed by atoms with van der Waals surface area (Å²) < 4.78 is 5.45. The molecule has 0 aromatic heterocycles. The van der Waals surface area contributed by atoms with Crippen LogP contribution in [0.3, 0.4) is 0 Å². The lowest BCUT2D eigenvalue weighted by molar-refractivity contribution is -0.143. The number of hydrogen-bond acceptors (Lipinski definition) is 5. The van der Waals surface area contributed by atoms with Gasteiger partial charge in [0.1, 0.15) is 0 Å². The van der Waals surface area contributed by atoms with Crippen molar-refractivity contribution in [3.63, 3.8) is 0 Å². The lowest BCUT2D eigenvalue weighted by Gasteiger charge is -2.20. The fourth-order valence-electron chi connectivity index (χ4n) is 10.0. The van der Waals surface area contributed by atoms with Crippen molar-refractivity contribution in [1.29, 1.82) is 0 Å². The van der Waals surface area contributed by atoms with Crippen LogP contribution in [0, 0.1) is 0 Å². The molecule has 0 fully saturated rings. The van der Waals surface area contributed by atoms with Gasteiger partial charge in [-0.25, -0.2) is 0 Å². The van der Waals surface area contributed by atoms with Crippen molar-refractivity contribution in [3.8, 4) is 0 Å². The van der Waals surface area contributed by atoms with E-state index in [0.29, 0.717) is 19.4 Å². The fraction of sp³-hybridized carbons (Fsp3) is 0.853. The van der Waals surface area contributed by atoms with E-state index < -0.39 is 12.1 Å². The Balaban J connectivity index is 3.51. The number of aliphatic hydroxyl groups excluding tert-OH is 2. The van der Waals surface area contributed by atoms with E-state index in [1.54, 1.807) is 6.08 Å². The normalized spacial score (nSPS) is 12.9. The van der Waals surface area contributed by atoms with Gasteiger partial charge in [-0.2, -0.15) is 0 Å². The Labute approximate surface area is 461 Å². The van der Waals surface area contributed by atoms with Gasteiger partial charge in [0.05, 0.1) is 25.4 Å². The summed E-state index contributed by atoms with van der Waals surface area (Å²) in [5, 5.41) is 23.2. The lowest BCUT2D eigenvalue weighted by Crippen LogP contribution is -2.45. The highest BCUT2D eigenvalue weighted by Gasteiger charge is 2.18. The van der Waals surface area contributed by atoms with Crippen molar-refractivity contribution in [2.45, 2.75) is 360 Å². The zero-order chi connectivity index (χ0) is 53.6.